The summed E-state index contributed by atoms with van der Waals surface area (Å²) in [5.74, 6) is 2.70. The van der Waals surface area contributed by atoms with Gasteiger partial charge in [-0.15, -0.1) is 0 Å². The van der Waals surface area contributed by atoms with Crippen molar-refractivity contribution in [1.82, 2.24) is 0 Å². The molecule has 2 N–H and O–H groups in total. The summed E-state index contributed by atoms with van der Waals surface area (Å²) in [7, 11) is 0. The van der Waals surface area contributed by atoms with Crippen LogP contribution in [0.3, 0.4) is 0 Å². The molecule has 3 rings (SSSR count). The van der Waals surface area contributed by atoms with Crippen molar-refractivity contribution in [2.45, 2.75) is 30.7 Å². The summed E-state index contributed by atoms with van der Waals surface area (Å²) in [4.78, 5) is 12.7. The van der Waals surface area contributed by atoms with Gasteiger partial charge in [0.2, 0.25) is 6.10 Å². The van der Waals surface area contributed by atoms with Gasteiger partial charge in [-0.1, -0.05) is 24.1 Å². The summed E-state index contributed by atoms with van der Waals surface area (Å²) in [5, 5.41) is 0. The van der Waals surface area contributed by atoms with Crippen LogP contribution >= 0.6 is 0 Å². The number of hydrogen-bond acceptors (Lipinski definition) is 3. The van der Waals surface area contributed by atoms with Gasteiger partial charge >= 0.3 is 12.3 Å². The van der Waals surface area contributed by atoms with Crippen LogP contribution in [0.4, 0.5) is 23.7 Å². The van der Waals surface area contributed by atoms with E-state index in [1.54, 1.807) is 0 Å². The van der Waals surface area contributed by atoms with Crippen molar-refractivity contribution in [3.05, 3.63) is 29.8 Å². The zero-order valence-corrected chi connectivity index (χ0v) is 10.8. The van der Waals surface area contributed by atoms with Gasteiger partial charge in [-0.05, 0) is 18.9 Å². The molecule has 0 bridgehead atoms. The van der Waals surface area contributed by atoms with Crippen LogP contribution in [-0.2, 0) is 4.74 Å². The van der Waals surface area contributed by atoms with Gasteiger partial charge in [-0.2, -0.15) is 13.2 Å². The number of anilines is 1. The molecule has 2 aliphatic rings. The number of rotatable bonds is 0. The molecule has 7 heteroatoms. The maximum atomic E-state index is 13.0. The highest BCUT2D eigenvalue weighted by molar-refractivity contribution is 5.94. The smallest absolute Gasteiger partial charge is 0.430 e. The quantitative estimate of drug-likeness (QED) is 0.749. The van der Waals surface area contributed by atoms with Gasteiger partial charge in [0.05, 0.1) is 11.2 Å². The number of nitrogens with two attached hydrogens (primary N) is 1. The molecule has 1 atom stereocenters. The number of carbonyl (C=O) groups excluding carboxylic acids is 1. The van der Waals surface area contributed by atoms with E-state index in [4.69, 9.17) is 5.73 Å². The maximum absolute atomic E-state index is 13.0. The summed E-state index contributed by atoms with van der Waals surface area (Å²) >= 11 is 0. The van der Waals surface area contributed by atoms with Crippen LogP contribution in [-0.4, -0.2) is 17.8 Å². The molecule has 110 valence electrons. The average molecular weight is 296 g/mol. The first-order valence-electron chi connectivity index (χ1n) is 6.28. The predicted octanol–water partition coefficient (Wildman–Crippen LogP) is 2.70. The molecule has 0 radical (unpaired) electrons. The first kappa shape index (κ1) is 13.8. The third kappa shape index (κ3) is 2.54. The number of nitrogens with zero attached hydrogens (tertiary/aromatic N) is 1. The van der Waals surface area contributed by atoms with Gasteiger partial charge in [-0.3, -0.25) is 0 Å². The molecule has 1 heterocycles. The molecule has 1 unspecified atom stereocenters. The normalized spacial score (nSPS) is 22.8. The van der Waals surface area contributed by atoms with Gasteiger partial charge < -0.3 is 10.5 Å². The van der Waals surface area contributed by atoms with Gasteiger partial charge in [0.15, 0.2) is 0 Å². The van der Waals surface area contributed by atoms with Crippen molar-refractivity contribution >= 4 is 11.8 Å². The Morgan fingerprint density at radius 2 is 2.00 bits per heavy atom. The SMILES string of the molecule is NC1(C#CN2C(=O)OC(C(F)(F)F)c3ccccc32)CC1. The number of hydrogen-bond donors (Lipinski definition) is 1. The first-order valence-corrected chi connectivity index (χ1v) is 6.28. The zero-order chi connectivity index (χ0) is 15.3. The molecule has 1 saturated carbocycles. The van der Waals surface area contributed by atoms with Gasteiger partial charge in [0.25, 0.3) is 0 Å². The fourth-order valence-electron chi connectivity index (χ4n) is 2.00. The second-order valence-corrected chi connectivity index (χ2v) is 5.09. The second-order valence-electron chi connectivity index (χ2n) is 5.09. The van der Waals surface area contributed by atoms with Crippen molar-refractivity contribution in [2.24, 2.45) is 5.73 Å². The third-order valence-corrected chi connectivity index (χ3v) is 3.36. The monoisotopic (exact) mass is 296 g/mol. The second kappa shape index (κ2) is 4.40. The Morgan fingerprint density at radius 3 is 2.62 bits per heavy atom. The number of alkyl halides is 3. The topological polar surface area (TPSA) is 55.6 Å². The lowest BCUT2D eigenvalue weighted by Crippen LogP contribution is -2.39. The number of fused-ring (bicyclic) bond motifs is 1. The summed E-state index contributed by atoms with van der Waals surface area (Å²) < 4.78 is 43.4. The van der Waals surface area contributed by atoms with Gasteiger partial charge in [0, 0.05) is 11.6 Å². The Bertz CT molecular complexity index is 656. The lowest BCUT2D eigenvalue weighted by atomic mass is 10.0. The van der Waals surface area contributed by atoms with E-state index in [0.717, 1.165) is 4.90 Å². The van der Waals surface area contributed by atoms with E-state index in [0.29, 0.717) is 12.8 Å². The number of halogens is 3. The summed E-state index contributed by atoms with van der Waals surface area (Å²) in [6.45, 7) is 0. The number of para-hydroxylation sites is 1. The minimum atomic E-state index is -4.67. The average Bonchev–Trinajstić information content (AvgIpc) is 3.14. The van der Waals surface area contributed by atoms with E-state index >= 15 is 0 Å². The van der Waals surface area contributed by atoms with E-state index in [-0.39, 0.29) is 11.3 Å². The van der Waals surface area contributed by atoms with E-state index < -0.39 is 23.9 Å². The van der Waals surface area contributed by atoms with E-state index in [1.165, 1.54) is 24.3 Å². The van der Waals surface area contributed by atoms with Crippen molar-refractivity contribution in [2.75, 3.05) is 4.90 Å². The summed E-state index contributed by atoms with van der Waals surface area (Å²) in [6, 6.07) is 8.18. The minimum absolute atomic E-state index is 0.0767. The van der Waals surface area contributed by atoms with E-state index in [9.17, 15) is 18.0 Å². The highest BCUT2D eigenvalue weighted by Crippen LogP contribution is 2.43. The molecular weight excluding hydrogens is 285 g/mol. The Kier molecular flexibility index (Phi) is 2.88. The van der Waals surface area contributed by atoms with Crippen LogP contribution in [0.25, 0.3) is 0 Å². The van der Waals surface area contributed by atoms with Crippen LogP contribution in [0, 0.1) is 12.0 Å². The van der Waals surface area contributed by atoms with Gasteiger partial charge in [0.1, 0.15) is 0 Å². The molecule has 0 aromatic heterocycles. The van der Waals surface area contributed by atoms with Crippen LogP contribution in [0.15, 0.2) is 24.3 Å². The zero-order valence-electron chi connectivity index (χ0n) is 10.8. The Labute approximate surface area is 118 Å². The lowest BCUT2D eigenvalue weighted by molar-refractivity contribution is -0.206. The minimum Gasteiger partial charge on any atom is -0.430 e. The molecule has 1 aromatic carbocycles. The number of carbonyl (C=O) groups is 1. The van der Waals surface area contributed by atoms with Crippen molar-refractivity contribution in [1.29, 1.82) is 0 Å². The molecule has 21 heavy (non-hydrogen) atoms. The largest absolute Gasteiger partial charge is 0.430 e. The number of benzene rings is 1. The van der Waals surface area contributed by atoms with Crippen molar-refractivity contribution < 1.29 is 22.7 Å². The van der Waals surface area contributed by atoms with Gasteiger partial charge in [-0.25, -0.2) is 9.69 Å². The van der Waals surface area contributed by atoms with Crippen LogP contribution in [0.5, 0.6) is 0 Å². The molecule has 1 aliphatic heterocycles. The van der Waals surface area contributed by atoms with E-state index in [2.05, 4.69) is 16.7 Å². The maximum Gasteiger partial charge on any atom is 0.430 e. The van der Waals surface area contributed by atoms with Crippen molar-refractivity contribution in [3.8, 4) is 12.0 Å². The van der Waals surface area contributed by atoms with E-state index in [1.807, 2.05) is 0 Å². The first-order chi connectivity index (χ1) is 9.80. The molecule has 4 nitrogen and oxygen atoms in total. The highest BCUT2D eigenvalue weighted by atomic mass is 19.4. The summed E-state index contributed by atoms with van der Waals surface area (Å²) in [5.41, 5.74) is 5.09. The number of amides is 1. The molecule has 1 amide bonds. The van der Waals surface area contributed by atoms with Crippen molar-refractivity contribution in [3.63, 3.8) is 0 Å². The third-order valence-electron chi connectivity index (χ3n) is 3.36. The van der Waals surface area contributed by atoms with Crippen LogP contribution < -0.4 is 10.6 Å². The molecule has 1 aliphatic carbocycles. The fourth-order valence-corrected chi connectivity index (χ4v) is 2.00. The molecule has 0 saturated heterocycles. The predicted molar refractivity (Wildman–Crippen MR) is 68.1 cm³/mol. The highest BCUT2D eigenvalue weighted by Gasteiger charge is 2.49. The molecule has 1 fully saturated rings. The fraction of sp³-hybridized carbons (Fsp3) is 0.357. The standard InChI is InChI=1S/C14H11F3N2O2/c15-14(16,17)11-9-3-1-2-4-10(9)19(12(20)21-11)8-7-13(18)5-6-13/h1-4,11H,5-6,18H2. The number of cyclic esters (lactones) is 1. The van der Waals surface area contributed by atoms with Crippen LogP contribution in [0.1, 0.15) is 24.5 Å². The molecular formula is C14H11F3N2O2. The lowest BCUT2D eigenvalue weighted by Gasteiger charge is -2.31. The molecule has 0 spiro atoms. The Morgan fingerprint density at radius 1 is 1.33 bits per heavy atom. The number of ether oxygens (including phenoxy) is 1. The Hall–Kier alpha value is -2.20. The summed E-state index contributed by atoms with van der Waals surface area (Å²) in [6.07, 6.45) is -6.68. The van der Waals surface area contributed by atoms with Crippen LogP contribution in [0.2, 0.25) is 0 Å². The molecule has 1 aromatic rings. The Balaban J connectivity index is 2.03.